The molecule has 224 valence electrons. The van der Waals surface area contributed by atoms with Crippen molar-refractivity contribution in [3.05, 3.63) is 90.0 Å². The van der Waals surface area contributed by atoms with Crippen molar-refractivity contribution in [1.29, 1.82) is 0 Å². The molecule has 0 aromatic heterocycles. The number of benzene rings is 3. The lowest BCUT2D eigenvalue weighted by Gasteiger charge is -2.29. The third-order valence-electron chi connectivity index (χ3n) is 8.57. The molecule has 0 aliphatic heterocycles. The van der Waals surface area contributed by atoms with Crippen LogP contribution in [0.15, 0.2) is 78.9 Å². The summed E-state index contributed by atoms with van der Waals surface area (Å²) in [7, 11) is 0. The van der Waals surface area contributed by atoms with Gasteiger partial charge in [0.05, 0.1) is 0 Å². The number of hydrogen-bond donors (Lipinski definition) is 1. The van der Waals surface area contributed by atoms with Crippen LogP contribution in [0.1, 0.15) is 88.7 Å². The van der Waals surface area contributed by atoms with Gasteiger partial charge in [0.2, 0.25) is 0 Å². The van der Waals surface area contributed by atoms with Gasteiger partial charge in [-0.3, -0.25) is 0 Å². The molecule has 0 saturated heterocycles. The molecule has 1 fully saturated rings. The predicted molar refractivity (Wildman–Crippen MR) is 173 cm³/mol. The first kappa shape index (κ1) is 31.6. The monoisotopic (exact) mass is 568 g/mol. The maximum atomic E-state index is 11.8. The van der Waals surface area contributed by atoms with Crippen molar-refractivity contribution in [2.75, 3.05) is 19.8 Å². The Balaban J connectivity index is 1.48. The molecule has 0 bridgehead atoms. The highest BCUT2D eigenvalue weighted by Crippen LogP contribution is 2.39. The van der Waals surface area contributed by atoms with Crippen molar-refractivity contribution < 1.29 is 19.4 Å². The highest BCUT2D eigenvalue weighted by Gasteiger charge is 2.22. The highest BCUT2D eigenvalue weighted by atomic mass is 16.6. The molecule has 4 heteroatoms. The molecule has 0 amide bonds. The van der Waals surface area contributed by atoms with Crippen LogP contribution in [-0.2, 0) is 16.0 Å². The third-order valence-corrected chi connectivity index (χ3v) is 8.57. The SMILES string of the molecule is C=C(C)C(=O)OCCOc1cc(-c2ccc(CCCO)cc2)ccc1-c1ccc(C2CCC(CCCCC)CC2)cc1. The number of aliphatic hydroxyl groups is 1. The van der Waals surface area contributed by atoms with Crippen LogP contribution >= 0.6 is 0 Å². The van der Waals surface area contributed by atoms with Crippen LogP contribution in [-0.4, -0.2) is 30.9 Å². The van der Waals surface area contributed by atoms with E-state index in [2.05, 4.69) is 80.2 Å². The van der Waals surface area contributed by atoms with Crippen molar-refractivity contribution in [1.82, 2.24) is 0 Å². The van der Waals surface area contributed by atoms with Gasteiger partial charge in [0, 0.05) is 17.7 Å². The number of hydrogen-bond acceptors (Lipinski definition) is 4. The molecule has 4 nitrogen and oxygen atoms in total. The summed E-state index contributed by atoms with van der Waals surface area (Å²) in [6, 6.07) is 23.9. The maximum absolute atomic E-state index is 11.8. The minimum Gasteiger partial charge on any atom is -0.489 e. The fourth-order valence-electron chi connectivity index (χ4n) is 6.02. The summed E-state index contributed by atoms with van der Waals surface area (Å²) in [6.45, 7) is 8.19. The van der Waals surface area contributed by atoms with Crippen LogP contribution in [0, 0.1) is 5.92 Å². The van der Waals surface area contributed by atoms with Gasteiger partial charge >= 0.3 is 5.97 Å². The van der Waals surface area contributed by atoms with Crippen LogP contribution in [0.2, 0.25) is 0 Å². The molecule has 0 atom stereocenters. The standard InChI is InChI=1S/C38H48O4/c1-4-5-6-8-29-10-14-31(15-11-29)32-18-20-34(21-19-32)36-23-22-35(33-16-12-30(13-17-33)9-7-24-39)27-37(36)41-25-26-42-38(40)28(2)3/h12-13,16-23,27,29,31,39H,2,4-11,14-15,24-26H2,1,3H3. The number of rotatable bonds is 15. The first-order valence-corrected chi connectivity index (χ1v) is 15.9. The normalized spacial score (nSPS) is 16.6. The Morgan fingerprint density at radius 1 is 0.857 bits per heavy atom. The van der Waals surface area contributed by atoms with Crippen LogP contribution in [0.25, 0.3) is 22.3 Å². The van der Waals surface area contributed by atoms with Gasteiger partial charge in [0.15, 0.2) is 0 Å². The van der Waals surface area contributed by atoms with Gasteiger partial charge in [-0.2, -0.15) is 0 Å². The van der Waals surface area contributed by atoms with E-state index in [1.165, 1.54) is 62.5 Å². The summed E-state index contributed by atoms with van der Waals surface area (Å²) in [4.78, 5) is 11.8. The van der Waals surface area contributed by atoms with E-state index in [-0.39, 0.29) is 19.8 Å². The van der Waals surface area contributed by atoms with Gasteiger partial charge < -0.3 is 14.6 Å². The van der Waals surface area contributed by atoms with E-state index in [0.29, 0.717) is 11.5 Å². The molecule has 3 aromatic rings. The Morgan fingerprint density at radius 3 is 2.21 bits per heavy atom. The summed E-state index contributed by atoms with van der Waals surface area (Å²) < 4.78 is 11.5. The zero-order valence-corrected chi connectivity index (χ0v) is 25.6. The van der Waals surface area contributed by atoms with E-state index in [1.807, 2.05) is 0 Å². The fourth-order valence-corrected chi connectivity index (χ4v) is 6.02. The number of unbranched alkanes of at least 4 members (excludes halogenated alkanes) is 2. The summed E-state index contributed by atoms with van der Waals surface area (Å²) in [5, 5.41) is 9.14. The van der Waals surface area contributed by atoms with Crippen molar-refractivity contribution in [3.8, 4) is 28.0 Å². The molecule has 1 aliphatic rings. The Bertz CT molecular complexity index is 1270. The Kier molecular flexibility index (Phi) is 12.3. The van der Waals surface area contributed by atoms with E-state index >= 15 is 0 Å². The summed E-state index contributed by atoms with van der Waals surface area (Å²) in [5.41, 5.74) is 7.35. The zero-order chi connectivity index (χ0) is 29.7. The molecular weight excluding hydrogens is 520 g/mol. The lowest BCUT2D eigenvalue weighted by atomic mass is 9.77. The Morgan fingerprint density at radius 2 is 1.55 bits per heavy atom. The fraction of sp³-hybridized carbons (Fsp3) is 0.447. The third kappa shape index (κ3) is 9.06. The summed E-state index contributed by atoms with van der Waals surface area (Å²) >= 11 is 0. The molecule has 1 N–H and O–H groups in total. The summed E-state index contributed by atoms with van der Waals surface area (Å²) in [6.07, 6.45) is 12.4. The molecule has 1 aliphatic carbocycles. The van der Waals surface area contributed by atoms with Crippen molar-refractivity contribution >= 4 is 5.97 Å². The number of esters is 1. The predicted octanol–water partition coefficient (Wildman–Crippen LogP) is 9.30. The maximum Gasteiger partial charge on any atom is 0.333 e. The van der Waals surface area contributed by atoms with Gasteiger partial charge in [-0.1, -0.05) is 99.8 Å². The number of aryl methyl sites for hydroxylation is 1. The number of aliphatic hydroxyl groups excluding tert-OH is 1. The molecule has 0 radical (unpaired) electrons. The minimum atomic E-state index is -0.403. The molecule has 0 spiro atoms. The van der Waals surface area contributed by atoms with Crippen LogP contribution in [0.4, 0.5) is 0 Å². The smallest absolute Gasteiger partial charge is 0.333 e. The second-order valence-corrected chi connectivity index (χ2v) is 11.8. The van der Waals surface area contributed by atoms with Gasteiger partial charge in [-0.15, -0.1) is 0 Å². The Labute approximate surface area is 252 Å². The van der Waals surface area contributed by atoms with Crippen molar-refractivity contribution in [2.24, 2.45) is 5.92 Å². The van der Waals surface area contributed by atoms with Crippen LogP contribution < -0.4 is 4.74 Å². The van der Waals surface area contributed by atoms with Gasteiger partial charge in [0.1, 0.15) is 19.0 Å². The quantitative estimate of drug-likeness (QED) is 0.113. The van der Waals surface area contributed by atoms with E-state index in [4.69, 9.17) is 14.6 Å². The van der Waals surface area contributed by atoms with Crippen molar-refractivity contribution in [3.63, 3.8) is 0 Å². The largest absolute Gasteiger partial charge is 0.489 e. The van der Waals surface area contributed by atoms with E-state index in [9.17, 15) is 4.79 Å². The number of ether oxygens (including phenoxy) is 2. The molecule has 1 saturated carbocycles. The molecular formula is C38H48O4. The molecule has 4 rings (SSSR count). The minimum absolute atomic E-state index is 0.162. The highest BCUT2D eigenvalue weighted by molar-refractivity contribution is 5.86. The summed E-state index contributed by atoms with van der Waals surface area (Å²) in [5.74, 6) is 1.93. The average molecular weight is 569 g/mol. The lowest BCUT2D eigenvalue weighted by molar-refractivity contribution is -0.139. The van der Waals surface area contributed by atoms with Crippen LogP contribution in [0.5, 0.6) is 5.75 Å². The molecule has 0 heterocycles. The van der Waals surface area contributed by atoms with Gasteiger partial charge in [0.25, 0.3) is 0 Å². The molecule has 42 heavy (non-hydrogen) atoms. The molecule has 0 unspecified atom stereocenters. The van der Waals surface area contributed by atoms with Gasteiger partial charge in [-0.25, -0.2) is 4.79 Å². The van der Waals surface area contributed by atoms with E-state index in [1.54, 1.807) is 6.92 Å². The van der Waals surface area contributed by atoms with E-state index in [0.717, 1.165) is 46.8 Å². The van der Waals surface area contributed by atoms with Crippen LogP contribution in [0.3, 0.4) is 0 Å². The number of carbonyl (C=O) groups excluding carboxylic acids is 1. The second-order valence-electron chi connectivity index (χ2n) is 11.8. The Hall–Kier alpha value is -3.37. The topological polar surface area (TPSA) is 55.8 Å². The average Bonchev–Trinajstić information content (AvgIpc) is 3.02. The van der Waals surface area contributed by atoms with Gasteiger partial charge in [-0.05, 0) is 91.2 Å². The lowest BCUT2D eigenvalue weighted by Crippen LogP contribution is -2.13. The van der Waals surface area contributed by atoms with E-state index < -0.39 is 5.97 Å². The van der Waals surface area contributed by atoms with Crippen molar-refractivity contribution in [2.45, 2.75) is 84.0 Å². The second kappa shape index (κ2) is 16.3. The molecule has 3 aromatic carbocycles. The first-order chi connectivity index (χ1) is 20.5. The first-order valence-electron chi connectivity index (χ1n) is 15.9. The number of carbonyl (C=O) groups is 1. The zero-order valence-electron chi connectivity index (χ0n) is 25.6.